The maximum atomic E-state index is 12.9. The number of non-ortho nitro benzene ring substituents is 1. The third kappa shape index (κ3) is 4.01. The summed E-state index contributed by atoms with van der Waals surface area (Å²) >= 11 is 1.23. The first-order valence-electron chi connectivity index (χ1n) is 9.00. The van der Waals surface area contributed by atoms with E-state index in [2.05, 4.69) is 10.3 Å². The van der Waals surface area contributed by atoms with Gasteiger partial charge in [0.05, 0.1) is 22.1 Å². The fraction of sp³-hybridized carbons (Fsp3) is 0.412. The first-order valence-corrected chi connectivity index (χ1v) is 11.3. The number of nitrogens with one attached hydrogen (secondary N) is 1. The first-order chi connectivity index (χ1) is 13.8. The molecule has 1 saturated heterocycles. The van der Waals surface area contributed by atoms with Crippen LogP contribution in [0.2, 0.25) is 0 Å². The number of carbonyl (C=O) groups is 1. The van der Waals surface area contributed by atoms with Gasteiger partial charge in [-0.3, -0.25) is 20.2 Å². The van der Waals surface area contributed by atoms with Crippen LogP contribution in [0.4, 0.5) is 10.8 Å². The monoisotopic (exact) mass is 438 g/mol. The second-order valence-corrected chi connectivity index (χ2v) is 9.74. The van der Waals surface area contributed by atoms with Crippen molar-refractivity contribution >= 4 is 38.1 Å². The molecule has 0 aliphatic carbocycles. The maximum absolute atomic E-state index is 12.9. The highest BCUT2D eigenvalue weighted by Crippen LogP contribution is 2.32. The lowest BCUT2D eigenvalue weighted by molar-refractivity contribution is -0.385. The molecule has 4 rings (SSSR count). The van der Waals surface area contributed by atoms with Crippen molar-refractivity contribution in [3.63, 3.8) is 0 Å². The summed E-state index contributed by atoms with van der Waals surface area (Å²) in [5.74, 6) is -0.241. The molecule has 154 valence electrons. The summed E-state index contributed by atoms with van der Waals surface area (Å²) in [5.41, 5.74) is 0.476. The molecule has 1 aromatic heterocycles. The number of rotatable bonds is 5. The zero-order chi connectivity index (χ0) is 20.6. The van der Waals surface area contributed by atoms with Crippen LogP contribution in [0.5, 0.6) is 0 Å². The number of benzene rings is 1. The lowest BCUT2D eigenvalue weighted by Gasteiger charge is -2.25. The van der Waals surface area contributed by atoms with E-state index >= 15 is 0 Å². The molecule has 1 N–H and O–H groups in total. The van der Waals surface area contributed by atoms with E-state index in [0.29, 0.717) is 24.6 Å². The molecule has 1 aromatic carbocycles. The predicted molar refractivity (Wildman–Crippen MR) is 104 cm³/mol. The SMILES string of the molecule is O=C(Nc1nc2c(s1)CN(S(=O)(=O)c1cccc([N+](=O)[O-])c1)CC2)C1CCCO1. The van der Waals surface area contributed by atoms with Crippen molar-refractivity contribution in [2.24, 2.45) is 0 Å². The van der Waals surface area contributed by atoms with Crippen molar-refractivity contribution in [1.82, 2.24) is 9.29 Å². The second-order valence-electron chi connectivity index (χ2n) is 6.72. The molecule has 12 heteroatoms. The summed E-state index contributed by atoms with van der Waals surface area (Å²) in [5, 5.41) is 14.1. The van der Waals surface area contributed by atoms with Crippen LogP contribution in [0.3, 0.4) is 0 Å². The quantitative estimate of drug-likeness (QED) is 0.557. The number of nitro benzene ring substituents is 1. The van der Waals surface area contributed by atoms with Crippen molar-refractivity contribution in [2.45, 2.75) is 36.8 Å². The predicted octanol–water partition coefficient (Wildman–Crippen LogP) is 1.92. The van der Waals surface area contributed by atoms with Crippen LogP contribution in [0, 0.1) is 10.1 Å². The van der Waals surface area contributed by atoms with Gasteiger partial charge in [-0.25, -0.2) is 13.4 Å². The molecule has 0 bridgehead atoms. The van der Waals surface area contributed by atoms with Gasteiger partial charge in [0, 0.05) is 36.6 Å². The molecular weight excluding hydrogens is 420 g/mol. The Labute approximate surface area is 170 Å². The molecule has 29 heavy (non-hydrogen) atoms. The molecule has 1 atom stereocenters. The lowest BCUT2D eigenvalue weighted by atomic mass is 10.2. The smallest absolute Gasteiger partial charge is 0.270 e. The largest absolute Gasteiger partial charge is 0.368 e. The van der Waals surface area contributed by atoms with Crippen molar-refractivity contribution in [1.29, 1.82) is 0 Å². The Morgan fingerprint density at radius 1 is 1.41 bits per heavy atom. The van der Waals surface area contributed by atoms with Gasteiger partial charge in [-0.1, -0.05) is 6.07 Å². The fourth-order valence-electron chi connectivity index (χ4n) is 3.31. The first kappa shape index (κ1) is 19.9. The second kappa shape index (κ2) is 7.78. The number of carbonyl (C=O) groups excluding carboxylic acids is 1. The number of sulfonamides is 1. The fourth-order valence-corrected chi connectivity index (χ4v) is 5.87. The number of hydrogen-bond donors (Lipinski definition) is 1. The zero-order valence-electron chi connectivity index (χ0n) is 15.2. The summed E-state index contributed by atoms with van der Waals surface area (Å²) in [4.78, 5) is 27.6. The van der Waals surface area contributed by atoms with Crippen LogP contribution in [0.15, 0.2) is 29.2 Å². The highest BCUT2D eigenvalue weighted by molar-refractivity contribution is 7.89. The molecule has 0 saturated carbocycles. The lowest BCUT2D eigenvalue weighted by Crippen LogP contribution is -2.35. The zero-order valence-corrected chi connectivity index (χ0v) is 16.9. The maximum Gasteiger partial charge on any atom is 0.270 e. The average molecular weight is 438 g/mol. The van der Waals surface area contributed by atoms with Crippen LogP contribution in [0.25, 0.3) is 0 Å². The van der Waals surface area contributed by atoms with Crippen LogP contribution in [0.1, 0.15) is 23.4 Å². The number of nitrogens with zero attached hydrogens (tertiary/aromatic N) is 3. The van der Waals surface area contributed by atoms with Gasteiger partial charge in [0.15, 0.2) is 5.13 Å². The molecule has 0 radical (unpaired) electrons. The summed E-state index contributed by atoms with van der Waals surface area (Å²) in [7, 11) is -3.89. The van der Waals surface area contributed by atoms with Crippen LogP contribution in [-0.4, -0.2) is 47.8 Å². The Hall–Kier alpha value is -2.41. The van der Waals surface area contributed by atoms with E-state index in [9.17, 15) is 23.3 Å². The highest BCUT2D eigenvalue weighted by atomic mass is 32.2. The molecule has 2 aliphatic rings. The topological polar surface area (TPSA) is 132 Å². The number of amides is 1. The number of ether oxygens (including phenoxy) is 1. The van der Waals surface area contributed by atoms with Crippen molar-refractivity contribution in [2.75, 3.05) is 18.5 Å². The Morgan fingerprint density at radius 3 is 2.97 bits per heavy atom. The number of anilines is 1. The van der Waals surface area contributed by atoms with E-state index in [1.807, 2.05) is 0 Å². The molecule has 2 aromatic rings. The minimum absolute atomic E-state index is 0.105. The van der Waals surface area contributed by atoms with Crippen LogP contribution in [-0.2, 0) is 32.5 Å². The summed E-state index contributed by atoms with van der Waals surface area (Å²) in [6.07, 6.45) is 1.44. The van der Waals surface area contributed by atoms with Gasteiger partial charge in [0.25, 0.3) is 11.6 Å². The standard InChI is InChI=1S/C17H18N4O6S2/c22-16(14-5-2-8-27-14)19-17-18-13-6-7-20(10-15(13)28-17)29(25,26)12-4-1-3-11(9-12)21(23)24/h1,3-4,9,14H,2,5-8,10H2,(H,18,19,22). The van der Waals surface area contributed by atoms with E-state index in [0.717, 1.165) is 23.1 Å². The third-order valence-electron chi connectivity index (χ3n) is 4.81. The van der Waals surface area contributed by atoms with Gasteiger partial charge in [0.1, 0.15) is 6.10 Å². The van der Waals surface area contributed by atoms with E-state index in [1.54, 1.807) is 0 Å². The average Bonchev–Trinajstić information content (AvgIpc) is 3.37. The summed E-state index contributed by atoms with van der Waals surface area (Å²) in [6, 6.07) is 5.01. The Bertz CT molecular complexity index is 1060. The van der Waals surface area contributed by atoms with Gasteiger partial charge in [0.2, 0.25) is 10.0 Å². The van der Waals surface area contributed by atoms with Gasteiger partial charge >= 0.3 is 0 Å². The molecule has 0 spiro atoms. The molecule has 1 unspecified atom stereocenters. The number of fused-ring (bicyclic) bond motifs is 1. The van der Waals surface area contributed by atoms with Gasteiger partial charge in [-0.2, -0.15) is 4.31 Å². The van der Waals surface area contributed by atoms with Gasteiger partial charge in [-0.15, -0.1) is 11.3 Å². The Balaban J connectivity index is 1.51. The molecule has 1 amide bonds. The Morgan fingerprint density at radius 2 is 2.24 bits per heavy atom. The third-order valence-corrected chi connectivity index (χ3v) is 7.65. The number of aromatic nitrogens is 1. The van der Waals surface area contributed by atoms with E-state index in [4.69, 9.17) is 4.74 Å². The minimum Gasteiger partial charge on any atom is -0.368 e. The van der Waals surface area contributed by atoms with Crippen molar-refractivity contribution in [3.8, 4) is 0 Å². The highest BCUT2D eigenvalue weighted by Gasteiger charge is 2.32. The molecule has 3 heterocycles. The van der Waals surface area contributed by atoms with Crippen molar-refractivity contribution < 1.29 is 22.9 Å². The summed E-state index contributed by atoms with van der Waals surface area (Å²) < 4.78 is 32.5. The van der Waals surface area contributed by atoms with Crippen LogP contribution >= 0.6 is 11.3 Å². The Kier molecular flexibility index (Phi) is 5.34. The van der Waals surface area contributed by atoms with Crippen molar-refractivity contribution in [3.05, 3.63) is 45.0 Å². The number of thiazole rings is 1. The van der Waals surface area contributed by atoms with E-state index in [1.165, 1.54) is 33.8 Å². The van der Waals surface area contributed by atoms with Gasteiger partial charge in [-0.05, 0) is 18.9 Å². The van der Waals surface area contributed by atoms with E-state index < -0.39 is 21.1 Å². The minimum atomic E-state index is -3.89. The molecule has 10 nitrogen and oxygen atoms in total. The van der Waals surface area contributed by atoms with Gasteiger partial charge < -0.3 is 4.74 Å². The molecule has 1 fully saturated rings. The molecule has 2 aliphatic heterocycles. The number of hydrogen-bond acceptors (Lipinski definition) is 8. The number of nitro groups is 1. The molecular formula is C17H18N4O6S2. The van der Waals surface area contributed by atoms with E-state index in [-0.39, 0.29) is 29.6 Å². The normalized spacial score (nSPS) is 19.7. The van der Waals surface area contributed by atoms with Crippen LogP contribution < -0.4 is 5.32 Å². The summed E-state index contributed by atoms with van der Waals surface area (Å²) in [6.45, 7) is 0.881.